The lowest BCUT2D eigenvalue weighted by Gasteiger charge is -2.40. The van der Waals surface area contributed by atoms with Crippen LogP contribution in [0.3, 0.4) is 0 Å². The molecule has 4 heteroatoms. The van der Waals surface area contributed by atoms with Crippen molar-refractivity contribution in [2.45, 2.75) is 109 Å². The number of nitrogens with zero attached hydrogens (tertiary/aromatic N) is 1. The van der Waals surface area contributed by atoms with Crippen LogP contribution < -0.4 is 0 Å². The maximum Gasteiger partial charge on any atom is 0.151 e. The van der Waals surface area contributed by atoms with E-state index in [-0.39, 0.29) is 6.10 Å². The van der Waals surface area contributed by atoms with Crippen molar-refractivity contribution in [2.75, 3.05) is 26.2 Å². The number of rotatable bonds is 16. The van der Waals surface area contributed by atoms with E-state index < -0.39 is 12.2 Å². The van der Waals surface area contributed by atoms with Gasteiger partial charge in [-0.15, -0.1) is 6.42 Å². The molecule has 1 aliphatic rings. The summed E-state index contributed by atoms with van der Waals surface area (Å²) in [6.07, 6.45) is 21.2. The van der Waals surface area contributed by atoms with E-state index in [0.29, 0.717) is 13.2 Å². The predicted molar refractivity (Wildman–Crippen MR) is 136 cm³/mol. The minimum absolute atomic E-state index is 0.256. The molecule has 0 radical (unpaired) electrons. The molecule has 0 aromatic carbocycles. The molecule has 0 aromatic rings. The number of hydrogen-bond donors (Lipinski definition) is 1. The summed E-state index contributed by atoms with van der Waals surface area (Å²) >= 11 is 0. The highest BCUT2D eigenvalue weighted by molar-refractivity contribution is 5.38. The molecule has 0 aromatic heterocycles. The molecule has 0 bridgehead atoms. The summed E-state index contributed by atoms with van der Waals surface area (Å²) in [5.74, 6) is 14.9. The first-order chi connectivity index (χ1) is 16.2. The standard InChI is InChI=1S/C29H43NO3/c1-4-7-10-13-16-19-22-30-25-27(32-23-20-17-14-11-8-5-2)29(31)28(26-30)33-24-21-18-15-12-9-6-3/h2,27-29,31H,4,6-7,9-10,12-13,15-16,18-19,21-22,24-26H2,1,3H3/t27-,28?,29-/m0/s1. The van der Waals surface area contributed by atoms with Gasteiger partial charge in [0.15, 0.2) is 6.10 Å². The van der Waals surface area contributed by atoms with Crippen LogP contribution >= 0.6 is 0 Å². The van der Waals surface area contributed by atoms with Crippen molar-refractivity contribution in [2.24, 2.45) is 0 Å². The van der Waals surface area contributed by atoms with Crippen LogP contribution in [0.25, 0.3) is 0 Å². The van der Waals surface area contributed by atoms with Crippen molar-refractivity contribution in [3.05, 3.63) is 0 Å². The lowest BCUT2D eigenvalue weighted by atomic mass is 10.0. The Bertz CT molecular complexity index is 722. The Labute approximate surface area is 203 Å². The molecular weight excluding hydrogens is 410 g/mol. The zero-order valence-electron chi connectivity index (χ0n) is 20.8. The fourth-order valence-electron chi connectivity index (χ4n) is 3.97. The second-order valence-corrected chi connectivity index (χ2v) is 8.72. The fraction of sp³-hybridized carbons (Fsp3) is 0.724. The van der Waals surface area contributed by atoms with Gasteiger partial charge in [0.2, 0.25) is 0 Å². The molecule has 1 fully saturated rings. The average molecular weight is 454 g/mol. The summed E-state index contributed by atoms with van der Waals surface area (Å²) < 4.78 is 11.8. The topological polar surface area (TPSA) is 41.9 Å². The molecule has 182 valence electrons. The summed E-state index contributed by atoms with van der Waals surface area (Å²) in [7, 11) is 0. The molecule has 1 saturated heterocycles. The second kappa shape index (κ2) is 20.5. The van der Waals surface area contributed by atoms with E-state index in [1.807, 2.05) is 0 Å². The van der Waals surface area contributed by atoms with E-state index >= 15 is 0 Å². The van der Waals surface area contributed by atoms with Gasteiger partial charge < -0.3 is 14.6 Å². The molecule has 1 heterocycles. The summed E-state index contributed by atoms with van der Waals surface area (Å²) in [5.41, 5.74) is 0. The Hall–Kier alpha value is -2.08. The summed E-state index contributed by atoms with van der Waals surface area (Å²) in [6, 6.07) is 0. The van der Waals surface area contributed by atoms with Crippen molar-refractivity contribution in [1.82, 2.24) is 4.90 Å². The zero-order chi connectivity index (χ0) is 24.0. The van der Waals surface area contributed by atoms with Crippen molar-refractivity contribution in [3.63, 3.8) is 0 Å². The van der Waals surface area contributed by atoms with Gasteiger partial charge in [-0.2, -0.15) is 0 Å². The van der Waals surface area contributed by atoms with Crippen LogP contribution in [0.1, 0.15) is 90.9 Å². The summed E-state index contributed by atoms with van der Waals surface area (Å²) in [4.78, 5) is 2.34. The number of hydrogen-bond acceptors (Lipinski definition) is 4. The van der Waals surface area contributed by atoms with Crippen LogP contribution in [-0.4, -0.2) is 54.6 Å². The average Bonchev–Trinajstić information content (AvgIpc) is 2.82. The first-order valence-electron chi connectivity index (χ1n) is 12.9. The number of ether oxygens (including phenoxy) is 2. The minimum atomic E-state index is -0.700. The zero-order valence-corrected chi connectivity index (χ0v) is 20.8. The molecule has 0 aliphatic carbocycles. The Morgan fingerprint density at radius 2 is 1.33 bits per heavy atom. The number of likely N-dealkylation sites (tertiary alicyclic amines) is 1. The number of unbranched alkanes of at least 4 members (excludes halogenated alkanes) is 10. The van der Waals surface area contributed by atoms with Gasteiger partial charge in [-0.05, 0) is 37.1 Å². The van der Waals surface area contributed by atoms with Crippen LogP contribution in [0.2, 0.25) is 0 Å². The van der Waals surface area contributed by atoms with E-state index in [9.17, 15) is 5.11 Å². The van der Waals surface area contributed by atoms with E-state index in [2.05, 4.69) is 60.4 Å². The van der Waals surface area contributed by atoms with Gasteiger partial charge in [-0.3, -0.25) is 4.90 Å². The molecule has 0 saturated carbocycles. The first kappa shape index (κ1) is 29.0. The Morgan fingerprint density at radius 1 is 0.758 bits per heavy atom. The highest BCUT2D eigenvalue weighted by Gasteiger charge is 2.37. The van der Waals surface area contributed by atoms with Crippen LogP contribution in [0.5, 0.6) is 0 Å². The molecule has 1 rings (SSSR count). The van der Waals surface area contributed by atoms with Gasteiger partial charge in [0.25, 0.3) is 0 Å². The molecule has 0 spiro atoms. The van der Waals surface area contributed by atoms with Crippen molar-refractivity contribution >= 4 is 0 Å². The predicted octanol–water partition coefficient (Wildman–Crippen LogP) is 4.76. The third-order valence-corrected chi connectivity index (χ3v) is 5.88. The Balaban J connectivity index is 2.55. The van der Waals surface area contributed by atoms with E-state index in [1.165, 1.54) is 64.2 Å². The highest BCUT2D eigenvalue weighted by Crippen LogP contribution is 2.19. The van der Waals surface area contributed by atoms with Gasteiger partial charge in [0, 0.05) is 37.5 Å². The monoisotopic (exact) mass is 453 g/mol. The normalized spacial score (nSPS) is 19.8. The van der Waals surface area contributed by atoms with Crippen molar-refractivity contribution in [1.29, 1.82) is 0 Å². The summed E-state index contributed by atoms with van der Waals surface area (Å²) in [6.45, 7) is 7.52. The van der Waals surface area contributed by atoms with Crippen LogP contribution in [-0.2, 0) is 9.47 Å². The van der Waals surface area contributed by atoms with Crippen LogP contribution in [0, 0.1) is 48.1 Å². The Kier molecular flexibility index (Phi) is 18.0. The Morgan fingerprint density at radius 3 is 2.03 bits per heavy atom. The quantitative estimate of drug-likeness (QED) is 0.270. The lowest BCUT2D eigenvalue weighted by molar-refractivity contribution is -0.133. The van der Waals surface area contributed by atoms with E-state index in [1.54, 1.807) is 0 Å². The van der Waals surface area contributed by atoms with Crippen molar-refractivity contribution in [3.8, 4) is 48.1 Å². The van der Waals surface area contributed by atoms with Gasteiger partial charge in [0.1, 0.15) is 12.2 Å². The van der Waals surface area contributed by atoms with E-state index in [4.69, 9.17) is 15.9 Å². The number of aliphatic hydroxyl groups excluding tert-OH is 1. The maximum absolute atomic E-state index is 10.8. The smallest absolute Gasteiger partial charge is 0.151 e. The fourth-order valence-corrected chi connectivity index (χ4v) is 3.97. The third-order valence-electron chi connectivity index (χ3n) is 5.88. The molecule has 1 aliphatic heterocycles. The maximum atomic E-state index is 10.8. The summed E-state index contributed by atoms with van der Waals surface area (Å²) in [5, 5.41) is 10.8. The second-order valence-electron chi connectivity index (χ2n) is 8.72. The SMILES string of the molecule is C#CC#CC#CC#CO[C@H]1CN(CCCCCCCC)CC(OCCCCCCCC)[C@H]1O. The van der Waals surface area contributed by atoms with E-state index in [0.717, 1.165) is 25.9 Å². The minimum Gasteiger partial charge on any atom is -0.438 e. The molecule has 1 unspecified atom stereocenters. The lowest BCUT2D eigenvalue weighted by Crippen LogP contribution is -2.57. The number of aliphatic hydroxyl groups is 1. The highest BCUT2D eigenvalue weighted by atomic mass is 16.5. The van der Waals surface area contributed by atoms with Gasteiger partial charge in [0.05, 0.1) is 6.10 Å². The van der Waals surface area contributed by atoms with Crippen LogP contribution in [0.4, 0.5) is 0 Å². The van der Waals surface area contributed by atoms with Crippen molar-refractivity contribution < 1.29 is 14.6 Å². The molecular formula is C29H43NO3. The van der Waals surface area contributed by atoms with Gasteiger partial charge in [-0.1, -0.05) is 78.1 Å². The number of piperidine rings is 1. The number of terminal acetylenes is 1. The molecule has 1 N–H and O–H groups in total. The van der Waals surface area contributed by atoms with Gasteiger partial charge >= 0.3 is 0 Å². The molecule has 3 atom stereocenters. The molecule has 0 amide bonds. The molecule has 4 nitrogen and oxygen atoms in total. The third kappa shape index (κ3) is 14.6. The first-order valence-corrected chi connectivity index (χ1v) is 12.9. The van der Waals surface area contributed by atoms with Gasteiger partial charge in [-0.25, -0.2) is 0 Å². The largest absolute Gasteiger partial charge is 0.438 e. The molecule has 33 heavy (non-hydrogen) atoms. The van der Waals surface area contributed by atoms with Crippen LogP contribution in [0.15, 0.2) is 0 Å².